The lowest BCUT2D eigenvalue weighted by Gasteiger charge is -2.03. The van der Waals surface area contributed by atoms with E-state index >= 15 is 0 Å². The van der Waals surface area contributed by atoms with Gasteiger partial charge in [0, 0.05) is 6.42 Å². The summed E-state index contributed by atoms with van der Waals surface area (Å²) in [6.45, 7) is 4.08. The van der Waals surface area contributed by atoms with E-state index in [1.54, 1.807) is 0 Å². The van der Waals surface area contributed by atoms with Crippen molar-refractivity contribution in [2.75, 3.05) is 0 Å². The number of aliphatic hydroxyl groups excluding tert-OH is 1. The third-order valence-electron chi connectivity index (χ3n) is 1.45. The summed E-state index contributed by atoms with van der Waals surface area (Å²) in [5.41, 5.74) is 0.995. The first-order valence-electron chi connectivity index (χ1n) is 4.42. The molecular weight excluding hydrogens is 152 g/mol. The molecule has 0 aliphatic rings. The molecule has 0 aromatic carbocycles. The monoisotopic (exact) mass is 170 g/mol. The standard InChI is InChI=1S/C10H18O2/c1-3-5-7-9(6-4-2)8-10(11)12/h5-7,10-12H,3-4,8H2,1-2H3/b7-5-,9-6+. The van der Waals surface area contributed by atoms with E-state index in [1.807, 2.05) is 25.2 Å². The second kappa shape index (κ2) is 7.07. The summed E-state index contributed by atoms with van der Waals surface area (Å²) in [5, 5.41) is 17.5. The maximum absolute atomic E-state index is 8.73. The van der Waals surface area contributed by atoms with Gasteiger partial charge in [0.2, 0.25) is 0 Å². The van der Waals surface area contributed by atoms with Gasteiger partial charge in [-0.2, -0.15) is 0 Å². The van der Waals surface area contributed by atoms with E-state index in [-0.39, 0.29) is 0 Å². The van der Waals surface area contributed by atoms with Crippen molar-refractivity contribution in [3.05, 3.63) is 23.8 Å². The van der Waals surface area contributed by atoms with Gasteiger partial charge < -0.3 is 10.2 Å². The van der Waals surface area contributed by atoms with Gasteiger partial charge in [0.25, 0.3) is 0 Å². The molecule has 0 aliphatic heterocycles. The molecule has 2 nitrogen and oxygen atoms in total. The highest BCUT2D eigenvalue weighted by Gasteiger charge is 1.98. The van der Waals surface area contributed by atoms with E-state index in [2.05, 4.69) is 6.92 Å². The van der Waals surface area contributed by atoms with Crippen LogP contribution in [0.4, 0.5) is 0 Å². The molecule has 2 heteroatoms. The van der Waals surface area contributed by atoms with Crippen molar-refractivity contribution < 1.29 is 10.2 Å². The van der Waals surface area contributed by atoms with Gasteiger partial charge in [-0.1, -0.05) is 32.1 Å². The minimum atomic E-state index is -1.23. The molecule has 0 rings (SSSR count). The molecule has 2 N–H and O–H groups in total. The summed E-state index contributed by atoms with van der Waals surface area (Å²) in [6.07, 6.45) is 6.96. The second-order valence-electron chi connectivity index (χ2n) is 2.68. The van der Waals surface area contributed by atoms with E-state index in [0.29, 0.717) is 6.42 Å². The molecule has 0 atom stereocenters. The van der Waals surface area contributed by atoms with Gasteiger partial charge in [0.1, 0.15) is 0 Å². The van der Waals surface area contributed by atoms with E-state index in [1.165, 1.54) is 0 Å². The number of hydrogen-bond acceptors (Lipinski definition) is 2. The van der Waals surface area contributed by atoms with Crippen molar-refractivity contribution in [3.63, 3.8) is 0 Å². The first-order chi connectivity index (χ1) is 5.70. The highest BCUT2D eigenvalue weighted by atomic mass is 16.5. The van der Waals surface area contributed by atoms with E-state index in [0.717, 1.165) is 18.4 Å². The minimum absolute atomic E-state index is 0.324. The number of allylic oxidation sites excluding steroid dienone is 3. The molecule has 0 bridgehead atoms. The van der Waals surface area contributed by atoms with Gasteiger partial charge >= 0.3 is 0 Å². The Morgan fingerprint density at radius 2 is 1.92 bits per heavy atom. The molecule has 0 aliphatic carbocycles. The van der Waals surface area contributed by atoms with Crippen molar-refractivity contribution in [1.29, 1.82) is 0 Å². The van der Waals surface area contributed by atoms with Crippen LogP contribution < -0.4 is 0 Å². The summed E-state index contributed by atoms with van der Waals surface area (Å²) < 4.78 is 0. The van der Waals surface area contributed by atoms with Crippen LogP contribution in [0.1, 0.15) is 33.1 Å². The Kier molecular flexibility index (Phi) is 6.72. The maximum Gasteiger partial charge on any atom is 0.155 e. The zero-order chi connectivity index (χ0) is 9.40. The fourth-order valence-electron chi connectivity index (χ4n) is 0.962. The highest BCUT2D eigenvalue weighted by Crippen LogP contribution is 2.07. The largest absolute Gasteiger partial charge is 0.368 e. The van der Waals surface area contributed by atoms with Crippen LogP contribution in [0, 0.1) is 0 Å². The lowest BCUT2D eigenvalue weighted by molar-refractivity contribution is -0.0375. The van der Waals surface area contributed by atoms with Crippen LogP contribution in [0.3, 0.4) is 0 Å². The zero-order valence-corrected chi connectivity index (χ0v) is 7.83. The summed E-state index contributed by atoms with van der Waals surface area (Å²) in [5.74, 6) is 0. The van der Waals surface area contributed by atoms with Crippen LogP contribution in [0.2, 0.25) is 0 Å². The molecule has 0 aromatic heterocycles. The van der Waals surface area contributed by atoms with Gasteiger partial charge in [0.15, 0.2) is 6.29 Å². The fourth-order valence-corrected chi connectivity index (χ4v) is 0.962. The molecule has 0 fully saturated rings. The fraction of sp³-hybridized carbons (Fsp3) is 0.600. The molecule has 0 heterocycles. The van der Waals surface area contributed by atoms with Crippen LogP contribution in [0.5, 0.6) is 0 Å². The third-order valence-corrected chi connectivity index (χ3v) is 1.45. The molecule has 0 radical (unpaired) electrons. The summed E-state index contributed by atoms with van der Waals surface area (Å²) in [6, 6.07) is 0. The second-order valence-corrected chi connectivity index (χ2v) is 2.68. The first-order valence-corrected chi connectivity index (χ1v) is 4.42. The molecule has 0 saturated carbocycles. The lowest BCUT2D eigenvalue weighted by atomic mass is 10.1. The predicted molar refractivity (Wildman–Crippen MR) is 50.6 cm³/mol. The average Bonchev–Trinajstić information content (AvgIpc) is 2.00. The smallest absolute Gasteiger partial charge is 0.155 e. The summed E-state index contributed by atoms with van der Waals surface area (Å²) in [4.78, 5) is 0. The number of hydrogen-bond donors (Lipinski definition) is 2. The Bertz CT molecular complexity index is 157. The summed E-state index contributed by atoms with van der Waals surface area (Å²) in [7, 11) is 0. The normalized spacial score (nSPS) is 13.2. The Morgan fingerprint density at radius 1 is 1.25 bits per heavy atom. The Labute approximate surface area is 74.2 Å². The van der Waals surface area contributed by atoms with Gasteiger partial charge in [-0.15, -0.1) is 0 Å². The molecule has 70 valence electrons. The molecule has 0 amide bonds. The summed E-state index contributed by atoms with van der Waals surface area (Å²) >= 11 is 0. The minimum Gasteiger partial charge on any atom is -0.368 e. The molecule has 0 saturated heterocycles. The molecule has 12 heavy (non-hydrogen) atoms. The number of rotatable bonds is 5. The van der Waals surface area contributed by atoms with Gasteiger partial charge in [-0.3, -0.25) is 0 Å². The molecule has 0 spiro atoms. The third kappa shape index (κ3) is 6.13. The SMILES string of the molecule is CC/C=C\C(=C/CC)CC(O)O. The quantitative estimate of drug-likeness (QED) is 0.489. The topological polar surface area (TPSA) is 40.5 Å². The van der Waals surface area contributed by atoms with Crippen molar-refractivity contribution in [2.45, 2.75) is 39.4 Å². The van der Waals surface area contributed by atoms with Crippen LogP contribution in [0.25, 0.3) is 0 Å². The lowest BCUT2D eigenvalue weighted by Crippen LogP contribution is -2.04. The Morgan fingerprint density at radius 3 is 2.33 bits per heavy atom. The zero-order valence-electron chi connectivity index (χ0n) is 7.83. The predicted octanol–water partition coefficient (Wildman–Crippen LogP) is 1.99. The van der Waals surface area contributed by atoms with Crippen LogP contribution in [-0.2, 0) is 0 Å². The highest BCUT2D eigenvalue weighted by molar-refractivity contribution is 5.18. The van der Waals surface area contributed by atoms with Crippen molar-refractivity contribution in [3.8, 4) is 0 Å². The molecular formula is C10H18O2. The van der Waals surface area contributed by atoms with E-state index in [4.69, 9.17) is 10.2 Å². The van der Waals surface area contributed by atoms with Gasteiger partial charge in [-0.25, -0.2) is 0 Å². The van der Waals surface area contributed by atoms with Crippen molar-refractivity contribution in [2.24, 2.45) is 0 Å². The van der Waals surface area contributed by atoms with Gasteiger partial charge in [0.05, 0.1) is 0 Å². The Hall–Kier alpha value is -0.600. The first kappa shape index (κ1) is 11.4. The van der Waals surface area contributed by atoms with Crippen LogP contribution >= 0.6 is 0 Å². The van der Waals surface area contributed by atoms with Crippen molar-refractivity contribution in [1.82, 2.24) is 0 Å². The Balaban J connectivity index is 4.05. The van der Waals surface area contributed by atoms with E-state index in [9.17, 15) is 0 Å². The van der Waals surface area contributed by atoms with Crippen molar-refractivity contribution >= 4 is 0 Å². The molecule has 0 unspecified atom stereocenters. The van der Waals surface area contributed by atoms with Crippen LogP contribution in [-0.4, -0.2) is 16.5 Å². The van der Waals surface area contributed by atoms with E-state index < -0.39 is 6.29 Å². The number of aliphatic hydroxyl groups is 2. The average molecular weight is 170 g/mol. The van der Waals surface area contributed by atoms with Gasteiger partial charge in [-0.05, 0) is 18.4 Å². The maximum atomic E-state index is 8.73. The van der Waals surface area contributed by atoms with Crippen LogP contribution in [0.15, 0.2) is 23.8 Å². The molecule has 0 aromatic rings.